The van der Waals surface area contributed by atoms with Crippen LogP contribution in [0.25, 0.3) is 0 Å². The Morgan fingerprint density at radius 1 is 1.31 bits per heavy atom. The molecule has 3 atom stereocenters. The van der Waals surface area contributed by atoms with E-state index >= 15 is 0 Å². The van der Waals surface area contributed by atoms with E-state index in [1.54, 1.807) is 0 Å². The maximum absolute atomic E-state index is 11.9. The summed E-state index contributed by atoms with van der Waals surface area (Å²) in [5.41, 5.74) is 0. The van der Waals surface area contributed by atoms with E-state index in [2.05, 4.69) is 17.6 Å². The van der Waals surface area contributed by atoms with Gasteiger partial charge in [0.25, 0.3) is 0 Å². The molecule has 92 valence electrons. The van der Waals surface area contributed by atoms with Crippen molar-refractivity contribution in [3.8, 4) is 0 Å². The van der Waals surface area contributed by atoms with E-state index in [0.29, 0.717) is 0 Å². The average molecular weight is 224 g/mol. The van der Waals surface area contributed by atoms with Gasteiger partial charge in [0.2, 0.25) is 5.91 Å². The van der Waals surface area contributed by atoms with Crippen LogP contribution in [0.15, 0.2) is 0 Å². The molecule has 1 aliphatic carbocycles. The zero-order valence-electron chi connectivity index (χ0n) is 10.3. The summed E-state index contributed by atoms with van der Waals surface area (Å²) >= 11 is 0. The van der Waals surface area contributed by atoms with Crippen LogP contribution in [0.2, 0.25) is 0 Å². The van der Waals surface area contributed by atoms with E-state index in [-0.39, 0.29) is 11.8 Å². The minimum atomic E-state index is 0.213. The van der Waals surface area contributed by atoms with Crippen molar-refractivity contribution < 1.29 is 4.79 Å². The van der Waals surface area contributed by atoms with Crippen LogP contribution in [0.5, 0.6) is 0 Å². The third-order valence-electron chi connectivity index (χ3n) is 4.25. The molecule has 16 heavy (non-hydrogen) atoms. The number of carbonyl (C=O) groups excluding carboxylic acids is 1. The lowest BCUT2D eigenvalue weighted by molar-refractivity contribution is -0.125. The van der Waals surface area contributed by atoms with Gasteiger partial charge in [0.05, 0.1) is 5.92 Å². The summed E-state index contributed by atoms with van der Waals surface area (Å²) in [7, 11) is 0. The van der Waals surface area contributed by atoms with Crippen LogP contribution in [-0.4, -0.2) is 25.5 Å². The minimum Gasteiger partial charge on any atom is -0.356 e. The number of hydrogen-bond acceptors (Lipinski definition) is 2. The van der Waals surface area contributed by atoms with Crippen molar-refractivity contribution in [2.24, 2.45) is 17.8 Å². The Morgan fingerprint density at radius 2 is 2.19 bits per heavy atom. The molecule has 0 aromatic rings. The highest BCUT2D eigenvalue weighted by atomic mass is 16.1. The first-order chi connectivity index (χ1) is 7.77. The predicted octanol–water partition coefficient (Wildman–Crippen LogP) is 1.54. The fourth-order valence-corrected chi connectivity index (χ4v) is 2.98. The van der Waals surface area contributed by atoms with Gasteiger partial charge >= 0.3 is 0 Å². The summed E-state index contributed by atoms with van der Waals surface area (Å²) < 4.78 is 0. The summed E-state index contributed by atoms with van der Waals surface area (Å²) in [5.74, 6) is 2.00. The molecule has 1 saturated heterocycles. The van der Waals surface area contributed by atoms with E-state index in [9.17, 15) is 4.79 Å². The Kier molecular flexibility index (Phi) is 4.22. The molecule has 1 amide bonds. The van der Waals surface area contributed by atoms with Crippen LogP contribution in [0.3, 0.4) is 0 Å². The summed E-state index contributed by atoms with van der Waals surface area (Å²) in [4.78, 5) is 11.9. The Hall–Kier alpha value is -0.570. The van der Waals surface area contributed by atoms with E-state index in [1.807, 2.05) is 0 Å². The van der Waals surface area contributed by atoms with Gasteiger partial charge in [-0.15, -0.1) is 0 Å². The van der Waals surface area contributed by atoms with Crippen LogP contribution >= 0.6 is 0 Å². The Morgan fingerprint density at radius 3 is 2.81 bits per heavy atom. The molecule has 2 rings (SSSR count). The summed E-state index contributed by atoms with van der Waals surface area (Å²) in [6.45, 7) is 5.15. The standard InChI is InChI=1S/C13H24N2O/c1-10-4-2-5-11(10)9-15-13(16)12-6-3-7-14-8-12/h10-12,14H,2-9H2,1H3,(H,15,16)/t10?,11?,12-/m1/s1. The highest BCUT2D eigenvalue weighted by Gasteiger charge is 2.25. The highest BCUT2D eigenvalue weighted by Crippen LogP contribution is 2.30. The normalized spacial score (nSPS) is 34.9. The summed E-state index contributed by atoms with van der Waals surface area (Å²) in [6.07, 6.45) is 6.17. The molecule has 1 aliphatic heterocycles. The number of piperidine rings is 1. The minimum absolute atomic E-state index is 0.213. The molecule has 1 saturated carbocycles. The fourth-order valence-electron chi connectivity index (χ4n) is 2.98. The van der Waals surface area contributed by atoms with Crippen molar-refractivity contribution in [3.63, 3.8) is 0 Å². The van der Waals surface area contributed by atoms with Gasteiger partial charge in [-0.25, -0.2) is 0 Å². The lowest BCUT2D eigenvalue weighted by Crippen LogP contribution is -2.42. The Bertz CT molecular complexity index is 236. The molecule has 0 radical (unpaired) electrons. The molecular weight excluding hydrogens is 200 g/mol. The first kappa shape index (κ1) is 11.9. The van der Waals surface area contributed by atoms with Crippen LogP contribution < -0.4 is 10.6 Å². The third kappa shape index (κ3) is 2.97. The van der Waals surface area contributed by atoms with Gasteiger partial charge in [0.1, 0.15) is 0 Å². The van der Waals surface area contributed by atoms with Crippen molar-refractivity contribution in [2.75, 3.05) is 19.6 Å². The molecule has 0 aromatic carbocycles. The van der Waals surface area contributed by atoms with Crippen molar-refractivity contribution in [3.05, 3.63) is 0 Å². The molecule has 3 nitrogen and oxygen atoms in total. The lowest BCUT2D eigenvalue weighted by atomic mass is 9.96. The zero-order chi connectivity index (χ0) is 11.4. The third-order valence-corrected chi connectivity index (χ3v) is 4.25. The van der Waals surface area contributed by atoms with Gasteiger partial charge in [-0.2, -0.15) is 0 Å². The second-order valence-electron chi connectivity index (χ2n) is 5.46. The van der Waals surface area contributed by atoms with Crippen LogP contribution in [-0.2, 0) is 4.79 Å². The first-order valence-corrected chi connectivity index (χ1v) is 6.76. The number of hydrogen-bond donors (Lipinski definition) is 2. The van der Waals surface area contributed by atoms with Crippen molar-refractivity contribution in [2.45, 2.75) is 39.0 Å². The number of rotatable bonds is 3. The van der Waals surface area contributed by atoms with Gasteiger partial charge in [-0.1, -0.05) is 19.8 Å². The Balaban J connectivity index is 1.70. The van der Waals surface area contributed by atoms with E-state index in [4.69, 9.17) is 0 Å². The molecule has 2 aliphatic rings. The molecule has 3 heteroatoms. The average Bonchev–Trinajstić information content (AvgIpc) is 2.73. The van der Waals surface area contributed by atoms with E-state index < -0.39 is 0 Å². The first-order valence-electron chi connectivity index (χ1n) is 6.76. The van der Waals surface area contributed by atoms with Crippen molar-refractivity contribution in [1.82, 2.24) is 10.6 Å². The number of amides is 1. The molecule has 0 spiro atoms. The van der Waals surface area contributed by atoms with Crippen molar-refractivity contribution >= 4 is 5.91 Å². The van der Waals surface area contributed by atoms with Crippen LogP contribution in [0, 0.1) is 17.8 Å². The maximum atomic E-state index is 11.9. The topological polar surface area (TPSA) is 41.1 Å². The van der Waals surface area contributed by atoms with Crippen molar-refractivity contribution in [1.29, 1.82) is 0 Å². The number of carbonyl (C=O) groups is 1. The highest BCUT2D eigenvalue weighted by molar-refractivity contribution is 5.78. The second-order valence-corrected chi connectivity index (χ2v) is 5.46. The quantitative estimate of drug-likeness (QED) is 0.763. The molecule has 2 N–H and O–H groups in total. The smallest absolute Gasteiger partial charge is 0.224 e. The lowest BCUT2D eigenvalue weighted by Gasteiger charge is -2.23. The number of nitrogens with one attached hydrogen (secondary N) is 2. The van der Waals surface area contributed by atoms with Gasteiger partial charge < -0.3 is 10.6 Å². The summed E-state index contributed by atoms with van der Waals surface area (Å²) in [6, 6.07) is 0. The zero-order valence-corrected chi connectivity index (χ0v) is 10.3. The monoisotopic (exact) mass is 224 g/mol. The van der Waals surface area contributed by atoms with Gasteiger partial charge in [0, 0.05) is 13.1 Å². The Labute approximate surface area is 98.4 Å². The fraction of sp³-hybridized carbons (Fsp3) is 0.923. The van der Waals surface area contributed by atoms with E-state index in [0.717, 1.165) is 44.3 Å². The van der Waals surface area contributed by atoms with Gasteiger partial charge in [-0.05, 0) is 37.6 Å². The van der Waals surface area contributed by atoms with Gasteiger partial charge in [0.15, 0.2) is 0 Å². The predicted molar refractivity (Wildman–Crippen MR) is 65.1 cm³/mol. The molecule has 0 bridgehead atoms. The molecule has 2 unspecified atom stereocenters. The van der Waals surface area contributed by atoms with Crippen LogP contribution in [0.1, 0.15) is 39.0 Å². The summed E-state index contributed by atoms with van der Waals surface area (Å²) in [5, 5.41) is 6.44. The maximum Gasteiger partial charge on any atom is 0.224 e. The molecular formula is C13H24N2O. The molecule has 0 aromatic heterocycles. The largest absolute Gasteiger partial charge is 0.356 e. The van der Waals surface area contributed by atoms with Crippen LogP contribution in [0.4, 0.5) is 0 Å². The SMILES string of the molecule is CC1CCCC1CNC(=O)[C@@H]1CCCNC1. The van der Waals surface area contributed by atoms with E-state index in [1.165, 1.54) is 19.3 Å². The second kappa shape index (κ2) is 5.67. The molecule has 2 fully saturated rings. The molecule has 1 heterocycles. The van der Waals surface area contributed by atoms with Gasteiger partial charge in [-0.3, -0.25) is 4.79 Å².